The van der Waals surface area contributed by atoms with Gasteiger partial charge in [-0.2, -0.15) is 0 Å². The Hall–Kier alpha value is -2.52. The molecule has 4 unspecified atom stereocenters. The first-order chi connectivity index (χ1) is 15.5. The van der Waals surface area contributed by atoms with E-state index in [2.05, 4.69) is 0 Å². The van der Waals surface area contributed by atoms with Crippen molar-refractivity contribution < 1.29 is 18.9 Å². The third kappa shape index (κ3) is 3.99. The summed E-state index contributed by atoms with van der Waals surface area (Å²) in [6, 6.07) is 3.98. The second-order valence-corrected chi connectivity index (χ2v) is 9.41. The standard InChI is InChI=1S/C24H30N4O4/c25-21-5-17(15(1-11-7-29-11)19(23(21)27)3-13-9-31-13)18-6-22(26)24(28)20(4-14-10-32-14)16(18)2-12-8-30-12/h5-6,11-14H,1-4,7-10,25-28H2. The van der Waals surface area contributed by atoms with E-state index in [0.29, 0.717) is 22.7 Å². The van der Waals surface area contributed by atoms with Crippen LogP contribution in [0.5, 0.6) is 0 Å². The van der Waals surface area contributed by atoms with Gasteiger partial charge >= 0.3 is 0 Å². The smallest absolute Gasteiger partial charge is 0.0851 e. The molecule has 0 spiro atoms. The van der Waals surface area contributed by atoms with E-state index in [-0.39, 0.29) is 24.4 Å². The molecule has 2 aromatic carbocycles. The van der Waals surface area contributed by atoms with Gasteiger partial charge in [-0.15, -0.1) is 0 Å². The lowest BCUT2D eigenvalue weighted by Gasteiger charge is -2.23. The van der Waals surface area contributed by atoms with Crippen LogP contribution in [-0.2, 0) is 44.6 Å². The van der Waals surface area contributed by atoms with Crippen LogP contribution in [0.2, 0.25) is 0 Å². The normalized spacial score (nSPS) is 27.4. The van der Waals surface area contributed by atoms with Gasteiger partial charge in [-0.25, -0.2) is 0 Å². The van der Waals surface area contributed by atoms with Crippen LogP contribution in [0.25, 0.3) is 11.1 Å². The Morgan fingerprint density at radius 2 is 0.812 bits per heavy atom. The van der Waals surface area contributed by atoms with E-state index in [1.54, 1.807) is 0 Å². The number of epoxide rings is 4. The van der Waals surface area contributed by atoms with E-state index in [0.717, 1.165) is 74.4 Å². The molecule has 0 radical (unpaired) electrons. The van der Waals surface area contributed by atoms with Gasteiger partial charge < -0.3 is 41.9 Å². The fraction of sp³-hybridized carbons (Fsp3) is 0.500. The van der Waals surface area contributed by atoms with Crippen molar-refractivity contribution in [1.82, 2.24) is 0 Å². The summed E-state index contributed by atoms with van der Waals surface area (Å²) >= 11 is 0. The molecule has 0 aliphatic carbocycles. The molecule has 6 rings (SSSR count). The van der Waals surface area contributed by atoms with E-state index in [4.69, 9.17) is 41.9 Å². The summed E-state index contributed by atoms with van der Waals surface area (Å²) in [6.45, 7) is 3.04. The van der Waals surface area contributed by atoms with Gasteiger partial charge in [0.2, 0.25) is 0 Å². The number of hydrogen-bond acceptors (Lipinski definition) is 8. The maximum Gasteiger partial charge on any atom is 0.0851 e. The number of rotatable bonds is 9. The van der Waals surface area contributed by atoms with Gasteiger partial charge in [-0.3, -0.25) is 0 Å². The lowest BCUT2D eigenvalue weighted by Crippen LogP contribution is -2.14. The molecule has 4 atom stereocenters. The zero-order chi connectivity index (χ0) is 22.0. The number of nitrogen functional groups attached to an aromatic ring is 4. The molecule has 4 aliphatic rings. The zero-order valence-corrected chi connectivity index (χ0v) is 18.1. The van der Waals surface area contributed by atoms with Crippen LogP contribution in [0.4, 0.5) is 22.7 Å². The first-order valence-corrected chi connectivity index (χ1v) is 11.3. The van der Waals surface area contributed by atoms with Gasteiger partial charge in [0.15, 0.2) is 0 Å². The minimum Gasteiger partial charge on any atom is -0.397 e. The molecule has 8 heteroatoms. The van der Waals surface area contributed by atoms with Crippen LogP contribution < -0.4 is 22.9 Å². The predicted molar refractivity (Wildman–Crippen MR) is 123 cm³/mol. The summed E-state index contributed by atoms with van der Waals surface area (Å²) in [4.78, 5) is 0. The molecule has 0 saturated carbocycles. The highest BCUT2D eigenvalue weighted by Gasteiger charge is 2.34. The van der Waals surface area contributed by atoms with Crippen LogP contribution in [0.15, 0.2) is 12.1 Å². The molecule has 4 heterocycles. The minimum atomic E-state index is 0.198. The number of ether oxygens (including phenoxy) is 4. The largest absolute Gasteiger partial charge is 0.397 e. The van der Waals surface area contributed by atoms with Crippen molar-refractivity contribution >= 4 is 22.7 Å². The molecule has 170 valence electrons. The Labute approximate surface area is 187 Å². The van der Waals surface area contributed by atoms with Gasteiger partial charge in [0, 0.05) is 25.7 Å². The molecule has 32 heavy (non-hydrogen) atoms. The van der Waals surface area contributed by atoms with Gasteiger partial charge in [0.25, 0.3) is 0 Å². The van der Waals surface area contributed by atoms with E-state index in [1.165, 1.54) is 11.1 Å². The molecule has 4 aliphatic heterocycles. The quantitative estimate of drug-likeness (QED) is 0.339. The molecule has 0 amide bonds. The average molecular weight is 439 g/mol. The van der Waals surface area contributed by atoms with Gasteiger partial charge in [-0.05, 0) is 45.5 Å². The van der Waals surface area contributed by atoms with Crippen molar-refractivity contribution in [3.63, 3.8) is 0 Å². The maximum absolute atomic E-state index is 6.49. The van der Waals surface area contributed by atoms with Crippen molar-refractivity contribution in [3.05, 3.63) is 34.4 Å². The summed E-state index contributed by atoms with van der Waals surface area (Å²) < 4.78 is 22.2. The van der Waals surface area contributed by atoms with Crippen LogP contribution >= 0.6 is 0 Å². The summed E-state index contributed by atoms with van der Waals surface area (Å²) in [7, 11) is 0. The highest BCUT2D eigenvalue weighted by atomic mass is 16.6. The monoisotopic (exact) mass is 438 g/mol. The molecule has 0 bridgehead atoms. The average Bonchev–Trinajstić information content (AvgIpc) is 3.61. The summed E-state index contributed by atoms with van der Waals surface area (Å²) in [6.07, 6.45) is 3.88. The zero-order valence-electron chi connectivity index (χ0n) is 18.1. The Morgan fingerprint density at radius 3 is 1.09 bits per heavy atom. The van der Waals surface area contributed by atoms with Crippen molar-refractivity contribution in [3.8, 4) is 11.1 Å². The van der Waals surface area contributed by atoms with Gasteiger partial charge in [0.05, 0.1) is 73.6 Å². The van der Waals surface area contributed by atoms with Crippen LogP contribution in [0, 0.1) is 0 Å². The number of hydrogen-bond donors (Lipinski definition) is 4. The third-order valence-corrected chi connectivity index (χ3v) is 6.88. The fourth-order valence-corrected chi connectivity index (χ4v) is 4.71. The lowest BCUT2D eigenvalue weighted by atomic mass is 9.83. The van der Waals surface area contributed by atoms with E-state index in [1.807, 2.05) is 12.1 Å². The van der Waals surface area contributed by atoms with Crippen LogP contribution in [-0.4, -0.2) is 50.8 Å². The second kappa shape index (κ2) is 7.52. The Kier molecular flexibility index (Phi) is 4.73. The van der Waals surface area contributed by atoms with Crippen molar-refractivity contribution in [2.24, 2.45) is 0 Å². The summed E-state index contributed by atoms with van der Waals surface area (Å²) in [5.41, 5.74) is 34.9. The fourth-order valence-electron chi connectivity index (χ4n) is 4.71. The van der Waals surface area contributed by atoms with Crippen molar-refractivity contribution in [1.29, 1.82) is 0 Å². The highest BCUT2D eigenvalue weighted by Crippen LogP contribution is 2.44. The van der Waals surface area contributed by atoms with Crippen LogP contribution in [0.3, 0.4) is 0 Å². The Balaban J connectivity index is 1.54. The Bertz CT molecular complexity index is 987. The first kappa shape index (κ1) is 20.1. The predicted octanol–water partition coefficient (Wildman–Crippen LogP) is 1.45. The van der Waals surface area contributed by atoms with E-state index in [9.17, 15) is 0 Å². The van der Waals surface area contributed by atoms with E-state index < -0.39 is 0 Å². The summed E-state index contributed by atoms with van der Waals surface area (Å²) in [5, 5.41) is 0. The molecule has 4 fully saturated rings. The second-order valence-electron chi connectivity index (χ2n) is 9.41. The van der Waals surface area contributed by atoms with Gasteiger partial charge in [-0.1, -0.05) is 0 Å². The Morgan fingerprint density at radius 1 is 0.531 bits per heavy atom. The van der Waals surface area contributed by atoms with Gasteiger partial charge in [0.1, 0.15) is 0 Å². The highest BCUT2D eigenvalue weighted by molar-refractivity contribution is 5.87. The summed E-state index contributed by atoms with van der Waals surface area (Å²) in [5.74, 6) is 0. The first-order valence-electron chi connectivity index (χ1n) is 11.3. The lowest BCUT2D eigenvalue weighted by molar-refractivity contribution is 0.401. The number of anilines is 4. The molecule has 8 N–H and O–H groups in total. The molecular weight excluding hydrogens is 408 g/mol. The maximum atomic E-state index is 6.49. The molecule has 4 saturated heterocycles. The number of benzene rings is 2. The van der Waals surface area contributed by atoms with E-state index >= 15 is 0 Å². The van der Waals surface area contributed by atoms with Crippen molar-refractivity contribution in [2.45, 2.75) is 50.1 Å². The minimum absolute atomic E-state index is 0.198. The molecule has 2 aromatic rings. The van der Waals surface area contributed by atoms with Crippen molar-refractivity contribution in [2.75, 3.05) is 49.4 Å². The topological polar surface area (TPSA) is 154 Å². The molecule has 0 aromatic heterocycles. The molecular formula is C24H30N4O4. The third-order valence-electron chi connectivity index (χ3n) is 6.88. The van der Waals surface area contributed by atoms with Crippen LogP contribution in [0.1, 0.15) is 22.3 Å². The molecule has 8 nitrogen and oxygen atoms in total. The SMILES string of the molecule is Nc1cc(-c2cc(N)c(N)c(CC3CO3)c2CC2CO2)c(CC2CO2)c(CC2CO2)c1N. The number of nitrogens with two attached hydrogens (primary N) is 4.